The number of esters is 2. The standard InChI is InChI=1S/C24H36BNO8/c1-10-31-18-13-15(25-33-23(5,6)24(7,8)34-25)11-12-16(18)20(28)26-17(21(29)30-9)14-19(27)32-22(2,3)4/h11-13,17H,10,14H2,1-9H3,(H,26,28). The molecule has 1 atom stereocenters. The zero-order valence-electron chi connectivity index (χ0n) is 21.6. The fourth-order valence-corrected chi connectivity index (χ4v) is 3.25. The van der Waals surface area contributed by atoms with E-state index in [0.29, 0.717) is 17.8 Å². The maximum atomic E-state index is 13.1. The van der Waals surface area contributed by atoms with Crippen LogP contribution in [-0.4, -0.2) is 61.5 Å². The SMILES string of the molecule is CCOc1cc(B2OC(C)(C)C(C)(C)O2)ccc1C(=O)NC(CC(=O)OC(C)(C)C)C(=O)OC. The summed E-state index contributed by atoms with van der Waals surface area (Å²) in [6.45, 7) is 15.1. The van der Waals surface area contributed by atoms with Crippen molar-refractivity contribution in [2.45, 2.75) is 84.7 Å². The molecule has 0 aromatic heterocycles. The first-order valence-corrected chi connectivity index (χ1v) is 11.3. The van der Waals surface area contributed by atoms with Crippen molar-refractivity contribution in [2.24, 2.45) is 0 Å². The number of benzene rings is 1. The summed E-state index contributed by atoms with van der Waals surface area (Å²) in [6.07, 6.45) is -0.369. The second-order valence-electron chi connectivity index (χ2n) is 10.1. The molecule has 1 aromatic rings. The van der Waals surface area contributed by atoms with E-state index < -0.39 is 47.8 Å². The quantitative estimate of drug-likeness (QED) is 0.449. The molecule has 1 fully saturated rings. The van der Waals surface area contributed by atoms with Gasteiger partial charge in [-0.3, -0.25) is 9.59 Å². The monoisotopic (exact) mass is 477 g/mol. The number of nitrogens with one attached hydrogen (secondary N) is 1. The molecule has 0 radical (unpaired) electrons. The molecule has 1 aliphatic heterocycles. The van der Waals surface area contributed by atoms with Crippen LogP contribution < -0.4 is 15.5 Å². The Bertz CT molecular complexity index is 906. The van der Waals surface area contributed by atoms with Gasteiger partial charge < -0.3 is 28.8 Å². The van der Waals surface area contributed by atoms with Crippen LogP contribution in [0, 0.1) is 0 Å². The Kier molecular flexibility index (Phi) is 8.42. The van der Waals surface area contributed by atoms with Crippen LogP contribution in [0.4, 0.5) is 0 Å². The largest absolute Gasteiger partial charge is 0.494 e. The molecule has 34 heavy (non-hydrogen) atoms. The van der Waals surface area contributed by atoms with Crippen molar-refractivity contribution in [3.63, 3.8) is 0 Å². The highest BCUT2D eigenvalue weighted by Gasteiger charge is 2.51. The lowest BCUT2D eigenvalue weighted by Crippen LogP contribution is -2.44. The first-order valence-electron chi connectivity index (χ1n) is 11.3. The van der Waals surface area contributed by atoms with Crippen LogP contribution in [0.2, 0.25) is 0 Å². The Morgan fingerprint density at radius 3 is 2.18 bits per heavy atom. The highest BCUT2D eigenvalue weighted by atomic mass is 16.7. The summed E-state index contributed by atoms with van der Waals surface area (Å²) < 4.78 is 27.9. The minimum atomic E-state index is -1.22. The van der Waals surface area contributed by atoms with Gasteiger partial charge in [-0.25, -0.2) is 4.79 Å². The predicted molar refractivity (Wildman–Crippen MR) is 127 cm³/mol. The van der Waals surface area contributed by atoms with Gasteiger partial charge in [0.2, 0.25) is 0 Å². The molecule has 1 aromatic carbocycles. The molecule has 188 valence electrons. The molecule has 1 amide bonds. The molecule has 9 nitrogen and oxygen atoms in total. The fraction of sp³-hybridized carbons (Fsp3) is 0.625. The molecule has 0 spiro atoms. The van der Waals surface area contributed by atoms with E-state index in [2.05, 4.69) is 5.32 Å². The van der Waals surface area contributed by atoms with Gasteiger partial charge in [0.25, 0.3) is 5.91 Å². The first-order chi connectivity index (χ1) is 15.6. The molecule has 0 saturated carbocycles. The summed E-state index contributed by atoms with van der Waals surface area (Å²) in [5, 5.41) is 2.56. The number of hydrogen-bond donors (Lipinski definition) is 1. The topological polar surface area (TPSA) is 109 Å². The van der Waals surface area contributed by atoms with Crippen LogP contribution in [0.1, 0.15) is 72.2 Å². The Morgan fingerprint density at radius 1 is 1.09 bits per heavy atom. The smallest absolute Gasteiger partial charge is 0.493 e. The summed E-state index contributed by atoms with van der Waals surface area (Å²) >= 11 is 0. The van der Waals surface area contributed by atoms with Crippen molar-refractivity contribution in [3.8, 4) is 5.75 Å². The lowest BCUT2D eigenvalue weighted by Gasteiger charge is -2.32. The highest BCUT2D eigenvalue weighted by Crippen LogP contribution is 2.36. The van der Waals surface area contributed by atoms with Gasteiger partial charge in [-0.2, -0.15) is 0 Å². The van der Waals surface area contributed by atoms with Crippen molar-refractivity contribution >= 4 is 30.4 Å². The van der Waals surface area contributed by atoms with Crippen LogP contribution >= 0.6 is 0 Å². The zero-order valence-corrected chi connectivity index (χ0v) is 21.6. The Morgan fingerprint density at radius 2 is 1.68 bits per heavy atom. The second-order valence-corrected chi connectivity index (χ2v) is 10.1. The molecule has 10 heteroatoms. The normalized spacial score (nSPS) is 17.6. The Labute approximate surface area is 201 Å². The summed E-state index contributed by atoms with van der Waals surface area (Å²) in [4.78, 5) is 37.5. The van der Waals surface area contributed by atoms with Crippen molar-refractivity contribution < 1.29 is 37.9 Å². The van der Waals surface area contributed by atoms with E-state index in [9.17, 15) is 14.4 Å². The number of amides is 1. The molecule has 1 N–H and O–H groups in total. The van der Waals surface area contributed by atoms with Gasteiger partial charge in [-0.15, -0.1) is 0 Å². The van der Waals surface area contributed by atoms with Gasteiger partial charge in [0.1, 0.15) is 17.4 Å². The molecule has 1 saturated heterocycles. The third kappa shape index (κ3) is 6.73. The van der Waals surface area contributed by atoms with E-state index in [1.54, 1.807) is 45.9 Å². The Balaban J connectivity index is 2.26. The lowest BCUT2D eigenvalue weighted by atomic mass is 9.78. The molecule has 1 heterocycles. The predicted octanol–water partition coefficient (Wildman–Crippen LogP) is 2.39. The van der Waals surface area contributed by atoms with Gasteiger partial charge in [0.05, 0.1) is 36.9 Å². The minimum Gasteiger partial charge on any atom is -0.493 e. The number of rotatable bonds is 8. The number of carbonyl (C=O) groups excluding carboxylic acids is 3. The van der Waals surface area contributed by atoms with Crippen LogP contribution in [0.3, 0.4) is 0 Å². The average molecular weight is 477 g/mol. The summed E-state index contributed by atoms with van der Waals surface area (Å²) in [5.74, 6) is -1.69. The maximum absolute atomic E-state index is 13.1. The molecular formula is C24H36BNO8. The third-order valence-corrected chi connectivity index (χ3v) is 5.66. The number of carbonyl (C=O) groups is 3. The molecule has 1 aliphatic rings. The van der Waals surface area contributed by atoms with Crippen LogP contribution in [0.25, 0.3) is 0 Å². The van der Waals surface area contributed by atoms with Crippen molar-refractivity contribution in [3.05, 3.63) is 23.8 Å². The van der Waals surface area contributed by atoms with Crippen molar-refractivity contribution in [2.75, 3.05) is 13.7 Å². The van der Waals surface area contributed by atoms with E-state index in [-0.39, 0.29) is 12.0 Å². The van der Waals surface area contributed by atoms with Gasteiger partial charge in [0.15, 0.2) is 0 Å². The van der Waals surface area contributed by atoms with Crippen LogP contribution in [0.5, 0.6) is 5.75 Å². The van der Waals surface area contributed by atoms with E-state index >= 15 is 0 Å². The summed E-state index contributed by atoms with van der Waals surface area (Å²) in [6, 6.07) is 3.75. The molecule has 2 rings (SSSR count). The molecule has 0 aliphatic carbocycles. The summed E-state index contributed by atoms with van der Waals surface area (Å²) in [7, 11) is 0.554. The van der Waals surface area contributed by atoms with Gasteiger partial charge in [-0.1, -0.05) is 6.07 Å². The van der Waals surface area contributed by atoms with E-state index in [1.807, 2.05) is 27.7 Å². The molecular weight excluding hydrogens is 441 g/mol. The Hall–Kier alpha value is -2.59. The fourth-order valence-electron chi connectivity index (χ4n) is 3.25. The number of methoxy groups -OCH3 is 1. The number of hydrogen-bond acceptors (Lipinski definition) is 8. The second kappa shape index (κ2) is 10.4. The molecule has 1 unspecified atom stereocenters. The van der Waals surface area contributed by atoms with Crippen molar-refractivity contribution in [1.29, 1.82) is 0 Å². The van der Waals surface area contributed by atoms with Crippen molar-refractivity contribution in [1.82, 2.24) is 5.32 Å². The van der Waals surface area contributed by atoms with E-state index in [1.165, 1.54) is 7.11 Å². The summed E-state index contributed by atoms with van der Waals surface area (Å²) in [5.41, 5.74) is -0.881. The molecule has 0 bridgehead atoms. The first kappa shape index (κ1) is 27.7. The van der Waals surface area contributed by atoms with Crippen LogP contribution in [-0.2, 0) is 28.4 Å². The highest BCUT2D eigenvalue weighted by molar-refractivity contribution is 6.62. The third-order valence-electron chi connectivity index (χ3n) is 5.66. The van der Waals surface area contributed by atoms with Crippen LogP contribution in [0.15, 0.2) is 18.2 Å². The van der Waals surface area contributed by atoms with Gasteiger partial charge in [-0.05, 0) is 73.0 Å². The van der Waals surface area contributed by atoms with Gasteiger partial charge in [0, 0.05) is 0 Å². The minimum absolute atomic E-state index is 0.195. The average Bonchev–Trinajstić information content (AvgIpc) is 2.92. The zero-order chi connectivity index (χ0) is 25.9. The van der Waals surface area contributed by atoms with Gasteiger partial charge >= 0.3 is 19.1 Å². The van der Waals surface area contributed by atoms with E-state index in [0.717, 1.165) is 0 Å². The van der Waals surface area contributed by atoms with E-state index in [4.69, 9.17) is 23.5 Å². The number of ether oxygens (including phenoxy) is 3. The lowest BCUT2D eigenvalue weighted by molar-refractivity contribution is -0.158. The maximum Gasteiger partial charge on any atom is 0.494 e.